The van der Waals surface area contributed by atoms with E-state index in [1.165, 1.54) is 53.0 Å². The molecule has 1 aromatic heterocycles. The standard InChI is InChI=1S/C39H29S2/c1(6-16-30-26-37(32-19-9-3-10-20-32)41-38(27-30)33-21-11-4-12-22-33)15-25-36-28-35(31-17-7-2-8-18-31)29-39(40-36)34-23-13-5-14-24-34/h1-29H/q+1. The lowest BCUT2D eigenvalue weighted by Crippen LogP contribution is -1.90. The summed E-state index contributed by atoms with van der Waals surface area (Å²) in [5.41, 5.74) is 7.36. The fraction of sp³-hybridized carbons (Fsp3) is 0. The summed E-state index contributed by atoms with van der Waals surface area (Å²) in [7, 11) is 0. The van der Waals surface area contributed by atoms with E-state index in [4.69, 9.17) is 0 Å². The smallest absolute Gasteiger partial charge is 0.0888 e. The predicted molar refractivity (Wildman–Crippen MR) is 182 cm³/mol. The second-order valence-electron chi connectivity index (χ2n) is 9.61. The summed E-state index contributed by atoms with van der Waals surface area (Å²) in [6, 6.07) is 47.0. The van der Waals surface area contributed by atoms with Gasteiger partial charge in [-0.3, -0.25) is 0 Å². The molecule has 0 spiro atoms. The molecule has 5 aromatic rings. The van der Waals surface area contributed by atoms with Gasteiger partial charge in [-0.2, -0.15) is 0 Å². The van der Waals surface area contributed by atoms with Crippen LogP contribution in [-0.4, -0.2) is 0 Å². The molecule has 0 bridgehead atoms. The summed E-state index contributed by atoms with van der Waals surface area (Å²) in [4.78, 5) is 4.99. The van der Waals surface area contributed by atoms with Crippen molar-refractivity contribution < 1.29 is 0 Å². The Balaban J connectivity index is 1.28. The van der Waals surface area contributed by atoms with E-state index in [1.807, 2.05) is 23.1 Å². The van der Waals surface area contributed by atoms with Crippen LogP contribution in [0.25, 0.3) is 37.5 Å². The van der Waals surface area contributed by atoms with E-state index in [-0.39, 0.29) is 0 Å². The lowest BCUT2D eigenvalue weighted by molar-refractivity contribution is 1.60. The number of allylic oxidation sites excluding steroid dienone is 7. The van der Waals surface area contributed by atoms with E-state index in [0.717, 1.165) is 0 Å². The molecule has 2 heterocycles. The molecule has 0 radical (unpaired) electrons. The first-order valence-corrected chi connectivity index (χ1v) is 15.3. The van der Waals surface area contributed by atoms with Crippen molar-refractivity contribution in [2.75, 3.05) is 0 Å². The van der Waals surface area contributed by atoms with Gasteiger partial charge >= 0.3 is 0 Å². The monoisotopic (exact) mass is 561 g/mol. The Morgan fingerprint density at radius 3 is 1.54 bits per heavy atom. The van der Waals surface area contributed by atoms with Crippen molar-refractivity contribution in [1.29, 1.82) is 0 Å². The molecule has 1 aliphatic heterocycles. The summed E-state index contributed by atoms with van der Waals surface area (Å²) in [6.45, 7) is 0. The maximum atomic E-state index is 2.29. The Labute approximate surface area is 251 Å². The van der Waals surface area contributed by atoms with Crippen molar-refractivity contribution in [3.8, 4) is 21.6 Å². The van der Waals surface area contributed by atoms with Gasteiger partial charge in [-0.25, -0.2) is 0 Å². The largest absolute Gasteiger partial charge is 0.239 e. The summed E-state index contributed by atoms with van der Waals surface area (Å²) in [5.74, 6) is 0. The van der Waals surface area contributed by atoms with Crippen LogP contribution in [0, 0.1) is 0 Å². The van der Waals surface area contributed by atoms with Gasteiger partial charge < -0.3 is 0 Å². The molecule has 196 valence electrons. The normalized spacial score (nSPS) is 13.3. The molecule has 4 aromatic carbocycles. The maximum Gasteiger partial charge on any atom is 0.239 e. The first-order chi connectivity index (χ1) is 20.3. The Hall–Kier alpha value is -4.50. The molecule has 0 atom stereocenters. The highest BCUT2D eigenvalue weighted by molar-refractivity contribution is 8.16. The second-order valence-corrected chi connectivity index (χ2v) is 11.8. The first kappa shape index (κ1) is 26.7. The van der Waals surface area contributed by atoms with Crippen LogP contribution in [0.4, 0.5) is 0 Å². The molecular weight excluding hydrogens is 533 g/mol. The van der Waals surface area contributed by atoms with Crippen LogP contribution in [0.1, 0.15) is 16.0 Å². The first-order valence-electron chi connectivity index (χ1n) is 13.7. The third kappa shape index (κ3) is 6.99. The molecule has 0 saturated carbocycles. The average molecular weight is 562 g/mol. The SMILES string of the molecule is C(/C=C/C=C/c1cc(-c2ccccc2)cc(-c2ccccc2)[s+]1)=C1C=C(c2ccccc2)SC(c2ccccc2)=C1. The van der Waals surface area contributed by atoms with Crippen molar-refractivity contribution in [3.63, 3.8) is 0 Å². The van der Waals surface area contributed by atoms with Crippen molar-refractivity contribution in [3.05, 3.63) is 191 Å². The molecule has 41 heavy (non-hydrogen) atoms. The van der Waals surface area contributed by atoms with Gasteiger partial charge in [0.15, 0.2) is 0 Å². The Morgan fingerprint density at radius 1 is 0.463 bits per heavy atom. The van der Waals surface area contributed by atoms with Gasteiger partial charge in [0.05, 0.1) is 0 Å². The molecule has 0 amide bonds. The van der Waals surface area contributed by atoms with E-state index >= 15 is 0 Å². The third-order valence-corrected chi connectivity index (χ3v) is 8.89. The average Bonchev–Trinajstić information content (AvgIpc) is 3.06. The number of hydrogen-bond donors (Lipinski definition) is 0. The van der Waals surface area contributed by atoms with Gasteiger partial charge in [0.2, 0.25) is 21.1 Å². The van der Waals surface area contributed by atoms with Gasteiger partial charge in [-0.1, -0.05) is 145 Å². The van der Waals surface area contributed by atoms with E-state index in [9.17, 15) is 0 Å². The molecule has 0 N–H and O–H groups in total. The summed E-state index contributed by atoms with van der Waals surface area (Å²) >= 11 is 3.63. The minimum atomic E-state index is 1.19. The van der Waals surface area contributed by atoms with Gasteiger partial charge in [-0.05, 0) is 52.1 Å². The van der Waals surface area contributed by atoms with Gasteiger partial charge in [-0.15, -0.1) is 0 Å². The van der Waals surface area contributed by atoms with Crippen molar-refractivity contribution >= 4 is 39.0 Å². The molecule has 0 nitrogen and oxygen atoms in total. The third-order valence-electron chi connectivity index (χ3n) is 6.68. The molecule has 0 saturated heterocycles. The summed E-state index contributed by atoms with van der Waals surface area (Å²) < 4.78 is 0. The Morgan fingerprint density at radius 2 is 0.976 bits per heavy atom. The van der Waals surface area contributed by atoms with E-state index < -0.39 is 0 Å². The fourth-order valence-electron chi connectivity index (χ4n) is 4.63. The number of hydrogen-bond acceptors (Lipinski definition) is 1. The van der Waals surface area contributed by atoms with Crippen molar-refractivity contribution in [2.24, 2.45) is 0 Å². The van der Waals surface area contributed by atoms with E-state index in [2.05, 4.69) is 176 Å². The van der Waals surface area contributed by atoms with Crippen LogP contribution in [-0.2, 0) is 0 Å². The van der Waals surface area contributed by atoms with Gasteiger partial charge in [0.1, 0.15) is 0 Å². The summed E-state index contributed by atoms with van der Waals surface area (Å²) in [5, 5.41) is 0. The van der Waals surface area contributed by atoms with Gasteiger partial charge in [0, 0.05) is 33.6 Å². The molecule has 0 fully saturated rings. The summed E-state index contributed by atoms with van der Waals surface area (Å²) in [6.07, 6.45) is 15.3. The number of benzene rings is 4. The van der Waals surface area contributed by atoms with Crippen LogP contribution in [0.2, 0.25) is 0 Å². The zero-order valence-electron chi connectivity index (χ0n) is 22.6. The second kappa shape index (κ2) is 13.2. The molecular formula is C39H29S2+. The maximum absolute atomic E-state index is 2.29. The zero-order valence-corrected chi connectivity index (χ0v) is 24.2. The van der Waals surface area contributed by atoms with Crippen LogP contribution in [0.3, 0.4) is 0 Å². The molecule has 1 aliphatic rings. The van der Waals surface area contributed by atoms with Gasteiger partial charge in [0.25, 0.3) is 0 Å². The lowest BCUT2D eigenvalue weighted by atomic mass is 10.1. The lowest BCUT2D eigenvalue weighted by Gasteiger charge is -2.17. The van der Waals surface area contributed by atoms with Crippen molar-refractivity contribution in [1.82, 2.24) is 0 Å². The Bertz CT molecular complexity index is 1640. The minimum Gasteiger partial charge on any atom is -0.0888 e. The molecule has 6 rings (SSSR count). The quantitative estimate of drug-likeness (QED) is 0.141. The van der Waals surface area contributed by atoms with E-state index in [0.29, 0.717) is 0 Å². The van der Waals surface area contributed by atoms with Crippen molar-refractivity contribution in [2.45, 2.75) is 0 Å². The van der Waals surface area contributed by atoms with Crippen LogP contribution in [0.15, 0.2) is 175 Å². The fourth-order valence-corrected chi connectivity index (χ4v) is 6.80. The zero-order chi connectivity index (χ0) is 27.7. The number of rotatable bonds is 7. The molecule has 0 unspecified atom stereocenters. The number of thioether (sulfide) groups is 1. The minimum absolute atomic E-state index is 1.19. The predicted octanol–water partition coefficient (Wildman–Crippen LogP) is 11.7. The molecule has 2 heteroatoms. The van der Waals surface area contributed by atoms with Crippen LogP contribution in [0.5, 0.6) is 0 Å². The van der Waals surface area contributed by atoms with E-state index in [1.54, 1.807) is 0 Å². The molecule has 0 aliphatic carbocycles. The van der Waals surface area contributed by atoms with Crippen LogP contribution < -0.4 is 0 Å². The van der Waals surface area contributed by atoms with Crippen LogP contribution >= 0.6 is 23.1 Å². The highest BCUT2D eigenvalue weighted by Crippen LogP contribution is 2.43. The highest BCUT2D eigenvalue weighted by atomic mass is 32.2. The topological polar surface area (TPSA) is 0 Å². The highest BCUT2D eigenvalue weighted by Gasteiger charge is 2.16. The Kier molecular flexibility index (Phi) is 8.62.